The molecule has 1 fully saturated rings. The number of nitrogens with zero attached hydrogens (tertiary/aromatic N) is 1. The van der Waals surface area contributed by atoms with Crippen LogP contribution in [0.4, 0.5) is 0 Å². The molecule has 0 aromatic heterocycles. The summed E-state index contributed by atoms with van der Waals surface area (Å²) >= 11 is 1.88. The third-order valence-corrected chi connectivity index (χ3v) is 2.85. The van der Waals surface area contributed by atoms with Crippen molar-refractivity contribution in [1.29, 1.82) is 0 Å². The molecule has 0 spiro atoms. The fourth-order valence-corrected chi connectivity index (χ4v) is 1.98. The van der Waals surface area contributed by atoms with Crippen LogP contribution >= 0.6 is 11.8 Å². The van der Waals surface area contributed by atoms with Crippen molar-refractivity contribution in [2.75, 3.05) is 32.6 Å². The van der Waals surface area contributed by atoms with Crippen LogP contribution in [0.15, 0.2) is 0 Å². The monoisotopic (exact) mass is 161 g/mol. The van der Waals surface area contributed by atoms with Gasteiger partial charge in [0.2, 0.25) is 0 Å². The first-order chi connectivity index (χ1) is 4.88. The highest BCUT2D eigenvalue weighted by Gasteiger charge is 2.19. The van der Waals surface area contributed by atoms with Crippen molar-refractivity contribution in [1.82, 2.24) is 4.90 Å². The molecule has 10 heavy (non-hydrogen) atoms. The Morgan fingerprint density at radius 1 is 1.70 bits per heavy atom. The molecule has 0 bridgehead atoms. The number of ether oxygens (including phenoxy) is 1. The van der Waals surface area contributed by atoms with Crippen LogP contribution in [0.2, 0.25) is 0 Å². The van der Waals surface area contributed by atoms with Gasteiger partial charge in [-0.3, -0.25) is 4.90 Å². The van der Waals surface area contributed by atoms with E-state index < -0.39 is 0 Å². The third-order valence-electron chi connectivity index (χ3n) is 1.87. The number of rotatable bonds is 2. The molecule has 0 saturated carbocycles. The Morgan fingerprint density at radius 2 is 2.50 bits per heavy atom. The zero-order chi connectivity index (χ0) is 7.40. The van der Waals surface area contributed by atoms with Crippen LogP contribution in [-0.4, -0.2) is 42.8 Å². The van der Waals surface area contributed by atoms with E-state index in [2.05, 4.69) is 18.1 Å². The zero-order valence-electron chi connectivity index (χ0n) is 6.67. The lowest BCUT2D eigenvalue weighted by Crippen LogP contribution is -2.42. The summed E-state index contributed by atoms with van der Waals surface area (Å²) in [6.45, 7) is 6.26. The van der Waals surface area contributed by atoms with Gasteiger partial charge in [-0.25, -0.2) is 0 Å². The molecule has 60 valence electrons. The molecular formula is C7H15NOS. The molecule has 0 N–H and O–H groups in total. The highest BCUT2D eigenvalue weighted by molar-refractivity contribution is 7.99. The SMILES string of the molecule is CCN1CCOCC1SC. The predicted octanol–water partition coefficient (Wildman–Crippen LogP) is 1.03. The summed E-state index contributed by atoms with van der Waals surface area (Å²) in [5, 5.41) is 0.596. The fourth-order valence-electron chi connectivity index (χ4n) is 1.19. The molecular weight excluding hydrogens is 146 g/mol. The van der Waals surface area contributed by atoms with Crippen LogP contribution < -0.4 is 0 Å². The Labute approximate surface area is 66.9 Å². The maximum Gasteiger partial charge on any atom is 0.0792 e. The molecule has 1 unspecified atom stereocenters. The van der Waals surface area contributed by atoms with Gasteiger partial charge in [0.05, 0.1) is 18.6 Å². The molecule has 1 saturated heterocycles. The quantitative estimate of drug-likeness (QED) is 0.600. The van der Waals surface area contributed by atoms with Gasteiger partial charge in [-0.2, -0.15) is 0 Å². The number of morpholine rings is 1. The smallest absolute Gasteiger partial charge is 0.0792 e. The van der Waals surface area contributed by atoms with Gasteiger partial charge >= 0.3 is 0 Å². The van der Waals surface area contributed by atoms with Crippen LogP contribution in [0.1, 0.15) is 6.92 Å². The predicted molar refractivity (Wildman–Crippen MR) is 45.4 cm³/mol. The Hall–Kier alpha value is 0.270. The second-order valence-corrected chi connectivity index (χ2v) is 3.41. The van der Waals surface area contributed by atoms with Gasteiger partial charge in [0.15, 0.2) is 0 Å². The minimum absolute atomic E-state index is 0.596. The lowest BCUT2D eigenvalue weighted by atomic mass is 10.4. The van der Waals surface area contributed by atoms with Crippen molar-refractivity contribution in [3.05, 3.63) is 0 Å². The van der Waals surface area contributed by atoms with E-state index in [1.54, 1.807) is 0 Å². The Bertz CT molecular complexity index is 87.6. The molecule has 0 aromatic carbocycles. The third kappa shape index (κ3) is 1.87. The van der Waals surface area contributed by atoms with Crippen LogP contribution in [0.25, 0.3) is 0 Å². The highest BCUT2D eigenvalue weighted by Crippen LogP contribution is 2.15. The lowest BCUT2D eigenvalue weighted by Gasteiger charge is -2.33. The molecule has 0 aromatic rings. The molecule has 0 aliphatic carbocycles. The highest BCUT2D eigenvalue weighted by atomic mass is 32.2. The summed E-state index contributed by atoms with van der Waals surface area (Å²) in [5.41, 5.74) is 0. The van der Waals surface area contributed by atoms with Gasteiger partial charge < -0.3 is 4.74 Å². The molecule has 2 nitrogen and oxygen atoms in total. The van der Waals surface area contributed by atoms with E-state index in [1.165, 1.54) is 0 Å². The number of hydrogen-bond acceptors (Lipinski definition) is 3. The molecule has 1 aliphatic heterocycles. The van der Waals surface area contributed by atoms with Gasteiger partial charge in [-0.15, -0.1) is 11.8 Å². The molecule has 1 heterocycles. The first-order valence-electron chi connectivity index (χ1n) is 3.73. The average molecular weight is 161 g/mol. The largest absolute Gasteiger partial charge is 0.378 e. The maximum atomic E-state index is 5.34. The van der Waals surface area contributed by atoms with Crippen molar-refractivity contribution < 1.29 is 4.74 Å². The average Bonchev–Trinajstić information content (AvgIpc) is 2.04. The van der Waals surface area contributed by atoms with Crippen LogP contribution in [0.3, 0.4) is 0 Å². The van der Waals surface area contributed by atoms with Gasteiger partial charge in [0, 0.05) is 6.54 Å². The van der Waals surface area contributed by atoms with Gasteiger partial charge in [-0.1, -0.05) is 6.92 Å². The summed E-state index contributed by atoms with van der Waals surface area (Å²) in [7, 11) is 0. The second-order valence-electron chi connectivity index (χ2n) is 2.39. The number of thioether (sulfide) groups is 1. The lowest BCUT2D eigenvalue weighted by molar-refractivity contribution is 0.0276. The van der Waals surface area contributed by atoms with E-state index in [1.807, 2.05) is 11.8 Å². The van der Waals surface area contributed by atoms with Crippen LogP contribution in [0, 0.1) is 0 Å². The first-order valence-corrected chi connectivity index (χ1v) is 5.02. The Balaban J connectivity index is 2.34. The summed E-state index contributed by atoms with van der Waals surface area (Å²) in [6, 6.07) is 0. The second kappa shape index (κ2) is 4.21. The normalized spacial score (nSPS) is 28.8. The standard InChI is InChI=1S/C7H15NOS/c1-3-8-4-5-9-6-7(8)10-2/h7H,3-6H2,1-2H3. The number of likely N-dealkylation sites (N-methyl/N-ethyl adjacent to an activating group) is 1. The van der Waals surface area contributed by atoms with Crippen molar-refractivity contribution in [2.45, 2.75) is 12.3 Å². The van der Waals surface area contributed by atoms with E-state index in [9.17, 15) is 0 Å². The van der Waals surface area contributed by atoms with Crippen molar-refractivity contribution in [3.63, 3.8) is 0 Å². The van der Waals surface area contributed by atoms with Crippen molar-refractivity contribution >= 4 is 11.8 Å². The van der Waals surface area contributed by atoms with E-state index in [0.29, 0.717) is 5.37 Å². The topological polar surface area (TPSA) is 12.5 Å². The van der Waals surface area contributed by atoms with Crippen LogP contribution in [0.5, 0.6) is 0 Å². The molecule has 1 rings (SSSR count). The number of hydrogen-bond donors (Lipinski definition) is 0. The molecule has 0 amide bonds. The minimum Gasteiger partial charge on any atom is -0.378 e. The summed E-state index contributed by atoms with van der Waals surface area (Å²) < 4.78 is 5.34. The Morgan fingerprint density at radius 3 is 3.00 bits per heavy atom. The maximum absolute atomic E-state index is 5.34. The minimum atomic E-state index is 0.596. The first kappa shape index (κ1) is 8.37. The summed E-state index contributed by atoms with van der Waals surface area (Å²) in [4.78, 5) is 2.45. The van der Waals surface area contributed by atoms with Crippen LogP contribution in [-0.2, 0) is 4.74 Å². The van der Waals surface area contributed by atoms with E-state index in [4.69, 9.17) is 4.74 Å². The van der Waals surface area contributed by atoms with E-state index in [0.717, 1.165) is 26.3 Å². The van der Waals surface area contributed by atoms with Gasteiger partial charge in [0.25, 0.3) is 0 Å². The van der Waals surface area contributed by atoms with Gasteiger partial charge in [0.1, 0.15) is 0 Å². The van der Waals surface area contributed by atoms with E-state index in [-0.39, 0.29) is 0 Å². The summed E-state index contributed by atoms with van der Waals surface area (Å²) in [5.74, 6) is 0. The molecule has 3 heteroatoms. The van der Waals surface area contributed by atoms with Crippen molar-refractivity contribution in [3.8, 4) is 0 Å². The fraction of sp³-hybridized carbons (Fsp3) is 1.00. The Kier molecular flexibility index (Phi) is 3.52. The van der Waals surface area contributed by atoms with Crippen molar-refractivity contribution in [2.24, 2.45) is 0 Å². The van der Waals surface area contributed by atoms with Gasteiger partial charge in [-0.05, 0) is 12.8 Å². The van der Waals surface area contributed by atoms with E-state index >= 15 is 0 Å². The molecule has 1 aliphatic rings. The molecule has 1 atom stereocenters. The summed E-state index contributed by atoms with van der Waals surface area (Å²) in [6.07, 6.45) is 2.14. The zero-order valence-corrected chi connectivity index (χ0v) is 7.49. The molecule has 0 radical (unpaired) electrons.